The van der Waals surface area contributed by atoms with Crippen LogP contribution in [0.2, 0.25) is 0 Å². The molecule has 2 aromatic carbocycles. The Morgan fingerprint density at radius 2 is 1.79 bits per heavy atom. The van der Waals surface area contributed by atoms with Crippen molar-refractivity contribution in [3.63, 3.8) is 0 Å². The van der Waals surface area contributed by atoms with Gasteiger partial charge in [0.05, 0.1) is 25.4 Å². The van der Waals surface area contributed by atoms with E-state index in [1.807, 2.05) is 54.6 Å². The maximum atomic E-state index is 5.62. The monoisotopic (exact) mass is 387 g/mol. The largest absolute Gasteiger partial charge is 0.497 e. The van der Waals surface area contributed by atoms with Crippen molar-refractivity contribution in [3.8, 4) is 17.1 Å². The number of benzene rings is 2. The fourth-order valence-corrected chi connectivity index (χ4v) is 3.37. The van der Waals surface area contributed by atoms with E-state index < -0.39 is 0 Å². The van der Waals surface area contributed by atoms with Gasteiger partial charge in [-0.3, -0.25) is 0 Å². The van der Waals surface area contributed by atoms with Crippen molar-refractivity contribution < 1.29 is 9.15 Å². The third kappa shape index (κ3) is 4.24. The van der Waals surface area contributed by atoms with Gasteiger partial charge in [0.2, 0.25) is 0 Å². The molecule has 29 heavy (non-hydrogen) atoms. The van der Waals surface area contributed by atoms with E-state index in [0.717, 1.165) is 53.2 Å². The Kier molecular flexibility index (Phi) is 5.75. The minimum absolute atomic E-state index is 0.677. The number of furan rings is 1. The van der Waals surface area contributed by atoms with E-state index in [1.165, 1.54) is 0 Å². The molecule has 0 unspecified atom stereocenters. The number of para-hydroxylation sites is 1. The number of hydrogen-bond donors (Lipinski definition) is 0. The van der Waals surface area contributed by atoms with Gasteiger partial charge in [-0.15, -0.1) is 0 Å². The molecule has 0 spiro atoms. The molecule has 0 amide bonds. The molecule has 5 nitrogen and oxygen atoms in total. The molecule has 0 atom stereocenters. The van der Waals surface area contributed by atoms with Crippen molar-refractivity contribution in [2.75, 3.05) is 18.6 Å². The minimum atomic E-state index is 0.677. The Labute approximate surface area is 171 Å². The highest BCUT2D eigenvalue weighted by molar-refractivity contribution is 5.91. The van der Waals surface area contributed by atoms with Gasteiger partial charge in [-0.2, -0.15) is 0 Å². The van der Waals surface area contributed by atoms with Crippen LogP contribution in [0.25, 0.3) is 22.3 Å². The number of hydrogen-bond acceptors (Lipinski definition) is 5. The lowest BCUT2D eigenvalue weighted by Crippen LogP contribution is -2.25. The second kappa shape index (κ2) is 8.78. The number of nitrogens with zero attached hydrogens (tertiary/aromatic N) is 3. The SMILES string of the molecule is CCCCN(Cc1ccco1)c1nc(-c2ccc(OC)cc2)nc2ccccc12. The molecule has 0 aliphatic rings. The molecule has 2 heterocycles. The molecule has 0 aliphatic heterocycles. The van der Waals surface area contributed by atoms with Crippen LogP contribution in [0, 0.1) is 0 Å². The van der Waals surface area contributed by atoms with Crippen LogP contribution >= 0.6 is 0 Å². The van der Waals surface area contributed by atoms with Crippen molar-refractivity contribution in [3.05, 3.63) is 72.7 Å². The number of rotatable bonds is 8. The first-order valence-electron chi connectivity index (χ1n) is 9.97. The van der Waals surface area contributed by atoms with E-state index in [4.69, 9.17) is 19.1 Å². The standard InChI is InChI=1S/C24H25N3O2/c1-3-4-15-27(17-20-8-7-16-29-20)24-21-9-5-6-10-22(21)25-23(26-24)18-11-13-19(28-2)14-12-18/h5-14,16H,3-4,15,17H2,1-2H3. The van der Waals surface area contributed by atoms with Crippen molar-refractivity contribution in [1.82, 2.24) is 9.97 Å². The van der Waals surface area contributed by atoms with Gasteiger partial charge in [-0.1, -0.05) is 25.5 Å². The maximum absolute atomic E-state index is 5.62. The van der Waals surface area contributed by atoms with Gasteiger partial charge >= 0.3 is 0 Å². The Morgan fingerprint density at radius 1 is 0.966 bits per heavy atom. The number of unbranched alkanes of at least 4 members (excludes halogenated alkanes) is 1. The summed E-state index contributed by atoms with van der Waals surface area (Å²) in [4.78, 5) is 12.1. The Balaban J connectivity index is 1.81. The highest BCUT2D eigenvalue weighted by atomic mass is 16.5. The van der Waals surface area contributed by atoms with Gasteiger partial charge in [-0.25, -0.2) is 9.97 Å². The summed E-state index contributed by atoms with van der Waals surface area (Å²) in [5, 5.41) is 1.05. The van der Waals surface area contributed by atoms with Gasteiger partial charge in [0.1, 0.15) is 17.3 Å². The van der Waals surface area contributed by atoms with Crippen LogP contribution in [0.4, 0.5) is 5.82 Å². The summed E-state index contributed by atoms with van der Waals surface area (Å²) in [6.45, 7) is 3.78. The van der Waals surface area contributed by atoms with E-state index >= 15 is 0 Å². The first-order chi connectivity index (χ1) is 14.3. The normalized spacial score (nSPS) is 11.0. The topological polar surface area (TPSA) is 51.4 Å². The summed E-state index contributed by atoms with van der Waals surface area (Å²) in [6.07, 6.45) is 3.91. The van der Waals surface area contributed by atoms with Crippen LogP contribution in [0.15, 0.2) is 71.3 Å². The predicted octanol–water partition coefficient (Wildman–Crippen LogP) is 5.71. The molecular weight excluding hydrogens is 362 g/mol. The number of aromatic nitrogens is 2. The van der Waals surface area contributed by atoms with E-state index in [1.54, 1.807) is 13.4 Å². The van der Waals surface area contributed by atoms with Crippen molar-refractivity contribution >= 4 is 16.7 Å². The number of ether oxygens (including phenoxy) is 1. The number of methoxy groups -OCH3 is 1. The smallest absolute Gasteiger partial charge is 0.162 e. The lowest BCUT2D eigenvalue weighted by molar-refractivity contribution is 0.415. The van der Waals surface area contributed by atoms with E-state index in [9.17, 15) is 0 Å². The molecule has 0 aliphatic carbocycles. The van der Waals surface area contributed by atoms with Crippen LogP contribution < -0.4 is 9.64 Å². The van der Waals surface area contributed by atoms with Gasteiger partial charge in [0.25, 0.3) is 0 Å². The number of anilines is 1. The third-order valence-corrected chi connectivity index (χ3v) is 4.94. The number of fused-ring (bicyclic) bond motifs is 1. The molecule has 148 valence electrons. The first-order valence-corrected chi connectivity index (χ1v) is 9.97. The van der Waals surface area contributed by atoms with Gasteiger partial charge in [-0.05, 0) is 55.0 Å². The molecule has 0 saturated carbocycles. The summed E-state index contributed by atoms with van der Waals surface area (Å²) in [6, 6.07) is 20.0. The lowest BCUT2D eigenvalue weighted by Gasteiger charge is -2.24. The van der Waals surface area contributed by atoms with Gasteiger partial charge in [0, 0.05) is 17.5 Å². The average molecular weight is 387 g/mol. The van der Waals surface area contributed by atoms with Crippen molar-refractivity contribution in [2.45, 2.75) is 26.3 Å². The molecular formula is C24H25N3O2. The summed E-state index contributed by atoms with van der Waals surface area (Å²) in [5.74, 6) is 3.39. The maximum Gasteiger partial charge on any atom is 0.162 e. The molecule has 0 saturated heterocycles. The second-order valence-corrected chi connectivity index (χ2v) is 6.97. The fourth-order valence-electron chi connectivity index (χ4n) is 3.37. The fraction of sp³-hybridized carbons (Fsp3) is 0.250. The lowest BCUT2D eigenvalue weighted by atomic mass is 10.1. The van der Waals surface area contributed by atoms with Crippen LogP contribution in [0.1, 0.15) is 25.5 Å². The zero-order valence-electron chi connectivity index (χ0n) is 16.8. The highest BCUT2D eigenvalue weighted by Gasteiger charge is 2.16. The van der Waals surface area contributed by atoms with E-state index in [0.29, 0.717) is 12.4 Å². The molecule has 4 aromatic rings. The van der Waals surface area contributed by atoms with Crippen LogP contribution in [-0.2, 0) is 6.54 Å². The van der Waals surface area contributed by atoms with Crippen LogP contribution in [0.5, 0.6) is 5.75 Å². The molecule has 0 N–H and O–H groups in total. The van der Waals surface area contributed by atoms with Crippen LogP contribution in [0.3, 0.4) is 0 Å². The molecule has 0 radical (unpaired) electrons. The molecule has 5 heteroatoms. The molecule has 2 aromatic heterocycles. The predicted molar refractivity (Wildman–Crippen MR) is 116 cm³/mol. The Hall–Kier alpha value is -3.34. The quantitative estimate of drug-likeness (QED) is 0.388. The Bertz CT molecular complexity index is 1060. The van der Waals surface area contributed by atoms with Crippen LogP contribution in [-0.4, -0.2) is 23.6 Å². The Morgan fingerprint density at radius 3 is 2.52 bits per heavy atom. The average Bonchev–Trinajstić information content (AvgIpc) is 3.29. The highest BCUT2D eigenvalue weighted by Crippen LogP contribution is 2.29. The van der Waals surface area contributed by atoms with E-state index in [-0.39, 0.29) is 0 Å². The third-order valence-electron chi connectivity index (χ3n) is 4.94. The minimum Gasteiger partial charge on any atom is -0.497 e. The summed E-state index contributed by atoms with van der Waals surface area (Å²) >= 11 is 0. The summed E-state index contributed by atoms with van der Waals surface area (Å²) in [5.41, 5.74) is 1.90. The zero-order chi connectivity index (χ0) is 20.1. The van der Waals surface area contributed by atoms with Crippen molar-refractivity contribution in [1.29, 1.82) is 0 Å². The van der Waals surface area contributed by atoms with E-state index in [2.05, 4.69) is 17.9 Å². The first kappa shape index (κ1) is 19.0. The molecule has 0 fully saturated rings. The second-order valence-electron chi connectivity index (χ2n) is 6.97. The van der Waals surface area contributed by atoms with Gasteiger partial charge < -0.3 is 14.1 Å². The summed E-state index contributed by atoms with van der Waals surface area (Å²) < 4.78 is 10.9. The summed E-state index contributed by atoms with van der Waals surface area (Å²) in [7, 11) is 1.67. The van der Waals surface area contributed by atoms with Gasteiger partial charge in [0.15, 0.2) is 5.82 Å². The molecule has 0 bridgehead atoms. The molecule has 4 rings (SSSR count). The van der Waals surface area contributed by atoms with Crippen molar-refractivity contribution in [2.24, 2.45) is 0 Å². The zero-order valence-corrected chi connectivity index (χ0v) is 16.8.